The Labute approximate surface area is 119 Å². The van der Waals surface area contributed by atoms with Crippen LogP contribution in [0.15, 0.2) is 0 Å². The van der Waals surface area contributed by atoms with Crippen molar-refractivity contribution in [2.24, 2.45) is 5.41 Å². The molecule has 0 heterocycles. The number of carbonyl (C=O) groups is 1. The average Bonchev–Trinajstić information content (AvgIpc) is 2.36. The van der Waals surface area contributed by atoms with Crippen LogP contribution in [0.2, 0.25) is 0 Å². The Kier molecular flexibility index (Phi) is 8.31. The molecular formula is C16H32O3. The lowest BCUT2D eigenvalue weighted by Gasteiger charge is -2.30. The molecular weight excluding hydrogens is 240 g/mol. The fourth-order valence-corrected chi connectivity index (χ4v) is 2.11. The van der Waals surface area contributed by atoms with Gasteiger partial charge in [0.25, 0.3) is 0 Å². The van der Waals surface area contributed by atoms with Crippen molar-refractivity contribution in [2.75, 3.05) is 0 Å². The van der Waals surface area contributed by atoms with Crippen molar-refractivity contribution in [1.82, 2.24) is 0 Å². The van der Waals surface area contributed by atoms with E-state index in [1.54, 1.807) is 0 Å². The molecule has 0 N–H and O–H groups in total. The van der Waals surface area contributed by atoms with E-state index >= 15 is 0 Å². The van der Waals surface area contributed by atoms with Gasteiger partial charge in [-0.1, -0.05) is 46.5 Å². The zero-order valence-corrected chi connectivity index (χ0v) is 13.7. The fourth-order valence-electron chi connectivity index (χ4n) is 2.11. The molecule has 0 unspecified atom stereocenters. The predicted molar refractivity (Wildman–Crippen MR) is 78.7 cm³/mol. The van der Waals surface area contributed by atoms with Crippen LogP contribution in [0, 0.1) is 5.41 Å². The van der Waals surface area contributed by atoms with Crippen LogP contribution in [0.4, 0.5) is 0 Å². The second kappa shape index (κ2) is 8.57. The van der Waals surface area contributed by atoms with Gasteiger partial charge in [-0.2, -0.15) is 4.89 Å². The van der Waals surface area contributed by atoms with Crippen LogP contribution >= 0.6 is 0 Å². The first kappa shape index (κ1) is 18.4. The molecule has 0 aliphatic carbocycles. The topological polar surface area (TPSA) is 35.5 Å². The normalized spacial score (nSPS) is 12.5. The Morgan fingerprint density at radius 3 is 1.74 bits per heavy atom. The molecule has 0 saturated heterocycles. The predicted octanol–water partition coefficient (Wildman–Crippen LogP) is 5.04. The Bertz CT molecular complexity index is 245. The molecule has 0 spiro atoms. The van der Waals surface area contributed by atoms with Crippen LogP contribution in [0.5, 0.6) is 0 Å². The summed E-state index contributed by atoms with van der Waals surface area (Å²) in [6.07, 6.45) is 6.92. The van der Waals surface area contributed by atoms with Crippen molar-refractivity contribution >= 4 is 5.97 Å². The van der Waals surface area contributed by atoms with E-state index in [0.717, 1.165) is 44.9 Å². The summed E-state index contributed by atoms with van der Waals surface area (Å²) in [4.78, 5) is 22.7. The quantitative estimate of drug-likeness (QED) is 0.436. The molecule has 19 heavy (non-hydrogen) atoms. The molecule has 0 fully saturated rings. The second-order valence-electron chi connectivity index (χ2n) is 6.41. The summed E-state index contributed by atoms with van der Waals surface area (Å²) in [5.41, 5.74) is -0.818. The van der Waals surface area contributed by atoms with E-state index in [-0.39, 0.29) is 11.4 Å². The van der Waals surface area contributed by atoms with E-state index in [1.165, 1.54) is 0 Å². The molecule has 3 nitrogen and oxygen atoms in total. The minimum atomic E-state index is -0.454. The molecule has 0 rings (SSSR count). The summed E-state index contributed by atoms with van der Waals surface area (Å²) in [5.74, 6) is -0.188. The van der Waals surface area contributed by atoms with Gasteiger partial charge in [0.1, 0.15) is 5.60 Å². The van der Waals surface area contributed by atoms with Crippen LogP contribution in [0.3, 0.4) is 0 Å². The summed E-state index contributed by atoms with van der Waals surface area (Å²) < 4.78 is 0. The highest BCUT2D eigenvalue weighted by Crippen LogP contribution is 2.36. The molecule has 0 amide bonds. The highest BCUT2D eigenvalue weighted by Gasteiger charge is 2.38. The lowest BCUT2D eigenvalue weighted by Crippen LogP contribution is -2.35. The molecule has 114 valence electrons. The van der Waals surface area contributed by atoms with Gasteiger partial charge in [-0.05, 0) is 40.0 Å². The SMILES string of the molecule is CCCCC(CC)(CCCC)C(=O)OOC(C)(C)C. The molecule has 0 bridgehead atoms. The van der Waals surface area contributed by atoms with Crippen molar-refractivity contribution in [1.29, 1.82) is 0 Å². The Hall–Kier alpha value is -0.570. The van der Waals surface area contributed by atoms with Crippen LogP contribution in [0.1, 0.15) is 86.5 Å². The van der Waals surface area contributed by atoms with Gasteiger partial charge in [0.15, 0.2) is 0 Å². The third-order valence-corrected chi connectivity index (χ3v) is 3.49. The van der Waals surface area contributed by atoms with Gasteiger partial charge in [0, 0.05) is 0 Å². The standard InChI is InChI=1S/C16H32O3/c1-7-10-12-16(9-3,13-11-8-2)14(17)18-19-15(4,5)6/h7-13H2,1-6H3. The Balaban J connectivity index is 4.72. The molecule has 0 aromatic rings. The molecule has 0 aromatic carbocycles. The van der Waals surface area contributed by atoms with Crippen molar-refractivity contribution in [3.05, 3.63) is 0 Å². The smallest absolute Gasteiger partial charge is 0.297 e. The Morgan fingerprint density at radius 1 is 0.947 bits per heavy atom. The summed E-state index contributed by atoms with van der Waals surface area (Å²) in [6.45, 7) is 12.0. The number of carbonyl (C=O) groups excluding carboxylic acids is 1. The fraction of sp³-hybridized carbons (Fsp3) is 0.938. The zero-order valence-electron chi connectivity index (χ0n) is 13.7. The minimum absolute atomic E-state index is 0.188. The van der Waals surface area contributed by atoms with Gasteiger partial charge >= 0.3 is 5.97 Å². The van der Waals surface area contributed by atoms with E-state index in [4.69, 9.17) is 9.78 Å². The van der Waals surface area contributed by atoms with Gasteiger partial charge in [0.05, 0.1) is 5.41 Å². The molecule has 0 aliphatic heterocycles. The van der Waals surface area contributed by atoms with Crippen molar-refractivity contribution < 1.29 is 14.6 Å². The first-order valence-corrected chi connectivity index (χ1v) is 7.71. The van der Waals surface area contributed by atoms with Gasteiger partial charge in [-0.15, -0.1) is 0 Å². The van der Waals surface area contributed by atoms with Crippen LogP contribution in [-0.2, 0) is 14.6 Å². The molecule has 0 aromatic heterocycles. The number of hydrogen-bond donors (Lipinski definition) is 0. The maximum absolute atomic E-state index is 12.4. The van der Waals surface area contributed by atoms with Crippen molar-refractivity contribution in [2.45, 2.75) is 92.1 Å². The number of unbranched alkanes of at least 4 members (excludes halogenated alkanes) is 2. The summed E-state index contributed by atoms with van der Waals surface area (Å²) in [6, 6.07) is 0. The van der Waals surface area contributed by atoms with Gasteiger partial charge in [0.2, 0.25) is 0 Å². The highest BCUT2D eigenvalue weighted by atomic mass is 17.2. The van der Waals surface area contributed by atoms with E-state index in [9.17, 15) is 4.79 Å². The molecule has 0 atom stereocenters. The highest BCUT2D eigenvalue weighted by molar-refractivity contribution is 5.76. The minimum Gasteiger partial charge on any atom is -0.297 e. The number of rotatable bonds is 9. The van der Waals surface area contributed by atoms with Gasteiger partial charge in [-0.25, -0.2) is 4.79 Å². The lowest BCUT2D eigenvalue weighted by atomic mass is 9.76. The second-order valence-corrected chi connectivity index (χ2v) is 6.41. The van der Waals surface area contributed by atoms with E-state index in [1.807, 2.05) is 20.8 Å². The maximum atomic E-state index is 12.4. The average molecular weight is 272 g/mol. The van der Waals surface area contributed by atoms with Crippen LogP contribution < -0.4 is 0 Å². The van der Waals surface area contributed by atoms with E-state index in [0.29, 0.717) is 0 Å². The summed E-state index contributed by atoms with van der Waals surface area (Å²) in [7, 11) is 0. The van der Waals surface area contributed by atoms with Crippen LogP contribution in [-0.4, -0.2) is 11.6 Å². The molecule has 0 aliphatic rings. The third kappa shape index (κ3) is 6.95. The largest absolute Gasteiger partial charge is 0.348 e. The van der Waals surface area contributed by atoms with Gasteiger partial charge < -0.3 is 0 Å². The maximum Gasteiger partial charge on any atom is 0.348 e. The lowest BCUT2D eigenvalue weighted by molar-refractivity contribution is -0.327. The monoisotopic (exact) mass is 272 g/mol. The van der Waals surface area contributed by atoms with E-state index < -0.39 is 5.60 Å². The van der Waals surface area contributed by atoms with Crippen molar-refractivity contribution in [3.8, 4) is 0 Å². The first-order valence-electron chi connectivity index (χ1n) is 7.71. The summed E-state index contributed by atoms with van der Waals surface area (Å²) in [5, 5.41) is 0. The zero-order chi connectivity index (χ0) is 14.9. The molecule has 0 radical (unpaired) electrons. The number of hydrogen-bond acceptors (Lipinski definition) is 3. The Morgan fingerprint density at radius 2 is 1.42 bits per heavy atom. The van der Waals surface area contributed by atoms with Gasteiger partial charge in [-0.3, -0.25) is 4.89 Å². The van der Waals surface area contributed by atoms with Crippen LogP contribution in [0.25, 0.3) is 0 Å². The molecule has 3 heteroatoms. The summed E-state index contributed by atoms with van der Waals surface area (Å²) >= 11 is 0. The molecule has 0 saturated carbocycles. The first-order chi connectivity index (χ1) is 8.81. The van der Waals surface area contributed by atoms with E-state index in [2.05, 4.69) is 20.8 Å². The third-order valence-electron chi connectivity index (χ3n) is 3.49. The van der Waals surface area contributed by atoms with Crippen molar-refractivity contribution in [3.63, 3.8) is 0 Å².